The minimum atomic E-state index is -0.426. The predicted octanol–water partition coefficient (Wildman–Crippen LogP) is 2.96. The molecule has 0 amide bonds. The Kier molecular flexibility index (Phi) is 3.46. The Morgan fingerprint density at radius 2 is 2.08 bits per heavy atom. The van der Waals surface area contributed by atoms with Gasteiger partial charge in [-0.1, -0.05) is 18.2 Å². The summed E-state index contributed by atoms with van der Waals surface area (Å²) < 4.78 is 7.70. The fourth-order valence-electron chi connectivity index (χ4n) is 2.83. The molecule has 0 aliphatic rings. The number of anilines is 1. The van der Waals surface area contributed by atoms with Crippen molar-refractivity contribution in [3.8, 4) is 11.5 Å². The molecule has 6 heteroatoms. The van der Waals surface area contributed by atoms with Gasteiger partial charge < -0.3 is 14.4 Å². The van der Waals surface area contributed by atoms with Gasteiger partial charge in [0.05, 0.1) is 12.3 Å². The van der Waals surface area contributed by atoms with Gasteiger partial charge in [0.1, 0.15) is 17.1 Å². The van der Waals surface area contributed by atoms with Gasteiger partial charge >= 0.3 is 0 Å². The molecule has 1 N–H and O–H groups in total. The molecule has 4 rings (SSSR count). The number of para-hydroxylation sites is 1. The van der Waals surface area contributed by atoms with Crippen LogP contribution in [0.1, 0.15) is 6.92 Å². The summed E-state index contributed by atoms with van der Waals surface area (Å²) in [5.74, 6) is 1.49. The van der Waals surface area contributed by atoms with E-state index < -0.39 is 6.10 Å². The van der Waals surface area contributed by atoms with Crippen molar-refractivity contribution in [2.45, 2.75) is 13.0 Å². The summed E-state index contributed by atoms with van der Waals surface area (Å²) in [4.78, 5) is 6.31. The van der Waals surface area contributed by atoms with Gasteiger partial charge in [0.15, 0.2) is 11.4 Å². The maximum atomic E-state index is 9.57. The molecule has 0 aliphatic heterocycles. The molecule has 0 saturated heterocycles. The van der Waals surface area contributed by atoms with Gasteiger partial charge in [-0.3, -0.25) is 0 Å². The number of rotatable bonds is 4. The summed E-state index contributed by atoms with van der Waals surface area (Å²) in [6, 6.07) is 13.7. The first-order valence-electron chi connectivity index (χ1n) is 7.85. The van der Waals surface area contributed by atoms with Crippen LogP contribution in [0, 0.1) is 0 Å². The first-order chi connectivity index (χ1) is 11.6. The monoisotopic (exact) mass is 322 g/mol. The summed E-state index contributed by atoms with van der Waals surface area (Å²) in [5.41, 5.74) is 2.39. The van der Waals surface area contributed by atoms with Crippen molar-refractivity contribution >= 4 is 22.4 Å². The normalized spacial score (nSPS) is 12.8. The number of benzene rings is 1. The first-order valence-corrected chi connectivity index (χ1v) is 7.85. The Labute approximate surface area is 139 Å². The highest BCUT2D eigenvalue weighted by atomic mass is 16.3. The van der Waals surface area contributed by atoms with E-state index in [1.165, 1.54) is 0 Å². The standard InChI is InChI=1S/C18H18N4O2/c1-12(23)11-21(2)18-8-7-17-19-10-14(22(17)20-18)16-9-13-5-3-4-6-15(13)24-16/h3-10,12,23H,11H2,1-2H3. The molecular formula is C18H18N4O2. The largest absolute Gasteiger partial charge is 0.454 e. The lowest BCUT2D eigenvalue weighted by Crippen LogP contribution is -2.28. The number of nitrogens with zero attached hydrogens (tertiary/aromatic N) is 4. The van der Waals surface area contributed by atoms with Crippen molar-refractivity contribution < 1.29 is 9.52 Å². The predicted molar refractivity (Wildman–Crippen MR) is 93.1 cm³/mol. The van der Waals surface area contributed by atoms with E-state index in [1.807, 2.05) is 54.4 Å². The van der Waals surface area contributed by atoms with Crippen LogP contribution in [0.2, 0.25) is 0 Å². The fourth-order valence-corrected chi connectivity index (χ4v) is 2.83. The van der Waals surface area contributed by atoms with E-state index >= 15 is 0 Å². The summed E-state index contributed by atoms with van der Waals surface area (Å²) in [5, 5.41) is 15.3. The number of imidazole rings is 1. The third-order valence-electron chi connectivity index (χ3n) is 3.96. The molecule has 24 heavy (non-hydrogen) atoms. The first kappa shape index (κ1) is 14.7. The quantitative estimate of drug-likeness (QED) is 0.626. The van der Waals surface area contributed by atoms with Crippen molar-refractivity contribution in [1.29, 1.82) is 0 Å². The molecule has 0 fully saturated rings. The number of likely N-dealkylation sites (N-methyl/N-ethyl adjacent to an activating group) is 1. The Morgan fingerprint density at radius 1 is 1.25 bits per heavy atom. The summed E-state index contributed by atoms with van der Waals surface area (Å²) in [7, 11) is 1.90. The number of furan rings is 1. The molecule has 0 spiro atoms. The molecule has 1 unspecified atom stereocenters. The number of fused-ring (bicyclic) bond motifs is 2. The average molecular weight is 322 g/mol. The molecule has 0 bridgehead atoms. The number of aromatic nitrogens is 3. The zero-order valence-electron chi connectivity index (χ0n) is 13.5. The van der Waals surface area contributed by atoms with Crippen LogP contribution in [0.25, 0.3) is 28.1 Å². The highest BCUT2D eigenvalue weighted by molar-refractivity contribution is 5.82. The number of hydrogen-bond acceptors (Lipinski definition) is 5. The Hall–Kier alpha value is -2.86. The van der Waals surface area contributed by atoms with E-state index in [-0.39, 0.29) is 0 Å². The number of aliphatic hydroxyl groups excluding tert-OH is 1. The Bertz CT molecular complexity index is 970. The second-order valence-electron chi connectivity index (χ2n) is 5.98. The maximum Gasteiger partial charge on any atom is 0.155 e. The van der Waals surface area contributed by atoms with Crippen LogP contribution in [-0.2, 0) is 0 Å². The number of hydrogen-bond donors (Lipinski definition) is 1. The Balaban J connectivity index is 1.80. The van der Waals surface area contributed by atoms with Crippen molar-refractivity contribution in [1.82, 2.24) is 14.6 Å². The van der Waals surface area contributed by atoms with Gasteiger partial charge in [0.2, 0.25) is 0 Å². The van der Waals surface area contributed by atoms with E-state index in [4.69, 9.17) is 4.42 Å². The van der Waals surface area contributed by atoms with Crippen LogP contribution in [0.4, 0.5) is 5.82 Å². The number of aliphatic hydroxyl groups is 1. The Morgan fingerprint density at radius 3 is 2.88 bits per heavy atom. The minimum Gasteiger partial charge on any atom is -0.454 e. The molecule has 122 valence electrons. The van der Waals surface area contributed by atoms with Crippen LogP contribution < -0.4 is 4.90 Å². The van der Waals surface area contributed by atoms with Crippen LogP contribution in [0.15, 0.2) is 53.1 Å². The molecule has 0 radical (unpaired) electrons. The van der Waals surface area contributed by atoms with E-state index in [9.17, 15) is 5.11 Å². The lowest BCUT2D eigenvalue weighted by atomic mass is 10.2. The molecule has 0 aliphatic carbocycles. The van der Waals surface area contributed by atoms with Crippen LogP contribution >= 0.6 is 0 Å². The summed E-state index contributed by atoms with van der Waals surface area (Å²) in [6.45, 7) is 2.26. The van der Waals surface area contributed by atoms with Crippen LogP contribution in [0.5, 0.6) is 0 Å². The molecule has 6 nitrogen and oxygen atoms in total. The lowest BCUT2D eigenvalue weighted by molar-refractivity contribution is 0.201. The lowest BCUT2D eigenvalue weighted by Gasteiger charge is -2.19. The smallest absolute Gasteiger partial charge is 0.155 e. The van der Waals surface area contributed by atoms with Crippen molar-refractivity contribution in [3.63, 3.8) is 0 Å². The van der Waals surface area contributed by atoms with Crippen molar-refractivity contribution in [3.05, 3.63) is 48.7 Å². The maximum absolute atomic E-state index is 9.57. The minimum absolute atomic E-state index is 0.426. The van der Waals surface area contributed by atoms with E-state index in [2.05, 4.69) is 10.1 Å². The third kappa shape index (κ3) is 2.51. The topological polar surface area (TPSA) is 66.8 Å². The molecule has 1 aromatic carbocycles. The van der Waals surface area contributed by atoms with Gasteiger partial charge in [-0.05, 0) is 31.2 Å². The van der Waals surface area contributed by atoms with Gasteiger partial charge in [0.25, 0.3) is 0 Å². The van der Waals surface area contributed by atoms with Gasteiger partial charge in [0, 0.05) is 19.0 Å². The highest BCUT2D eigenvalue weighted by Crippen LogP contribution is 2.28. The third-order valence-corrected chi connectivity index (χ3v) is 3.96. The van der Waals surface area contributed by atoms with Crippen LogP contribution in [-0.4, -0.2) is 39.4 Å². The average Bonchev–Trinajstić information content (AvgIpc) is 3.16. The second kappa shape index (κ2) is 5.65. The van der Waals surface area contributed by atoms with E-state index in [1.54, 1.807) is 17.6 Å². The van der Waals surface area contributed by atoms with Crippen molar-refractivity contribution in [2.75, 3.05) is 18.5 Å². The van der Waals surface area contributed by atoms with Gasteiger partial charge in [-0.15, -0.1) is 5.10 Å². The van der Waals surface area contributed by atoms with Crippen molar-refractivity contribution in [2.24, 2.45) is 0 Å². The summed E-state index contributed by atoms with van der Waals surface area (Å²) >= 11 is 0. The zero-order chi connectivity index (χ0) is 16.7. The van der Waals surface area contributed by atoms with E-state index in [0.717, 1.165) is 33.9 Å². The highest BCUT2D eigenvalue weighted by Gasteiger charge is 2.14. The molecule has 4 aromatic rings. The molecular weight excluding hydrogens is 304 g/mol. The van der Waals surface area contributed by atoms with Crippen LogP contribution in [0.3, 0.4) is 0 Å². The molecule has 1 atom stereocenters. The summed E-state index contributed by atoms with van der Waals surface area (Å²) in [6.07, 6.45) is 1.34. The molecule has 0 saturated carbocycles. The molecule has 3 heterocycles. The second-order valence-corrected chi connectivity index (χ2v) is 5.98. The zero-order valence-corrected chi connectivity index (χ0v) is 13.5. The fraction of sp³-hybridized carbons (Fsp3) is 0.222. The van der Waals surface area contributed by atoms with Gasteiger partial charge in [-0.2, -0.15) is 0 Å². The van der Waals surface area contributed by atoms with E-state index in [0.29, 0.717) is 6.54 Å². The van der Waals surface area contributed by atoms with Gasteiger partial charge in [-0.25, -0.2) is 9.50 Å². The molecule has 3 aromatic heterocycles. The SMILES string of the molecule is CC(O)CN(C)c1ccc2ncc(-c3cc4ccccc4o3)n2n1.